The lowest BCUT2D eigenvalue weighted by Crippen LogP contribution is -1.89. The smallest absolute Gasteiger partial charge is 0.0156 e. The molecule has 0 fully saturated rings. The zero-order chi connectivity index (χ0) is 11.8. The molecule has 1 rings (SSSR count). The summed E-state index contributed by atoms with van der Waals surface area (Å²) in [5, 5.41) is 0. The number of rotatable bonds is 2. The molecular weight excluding hydrogens is 180 g/mol. The average Bonchev–Trinajstić information content (AvgIpc) is 2.28. The monoisotopic (exact) mass is 202 g/mol. The van der Waals surface area contributed by atoms with Crippen LogP contribution in [0.25, 0.3) is 12.2 Å². The van der Waals surface area contributed by atoms with Crippen LogP contribution in [0.2, 0.25) is 0 Å². The zero-order valence-electron chi connectivity index (χ0n) is 10.6. The van der Waals surface area contributed by atoms with Gasteiger partial charge >= 0.3 is 0 Å². The fourth-order valence-electron chi connectivity index (χ4n) is 1.42. The van der Waals surface area contributed by atoms with Gasteiger partial charge in [-0.1, -0.05) is 50.8 Å². The molecule has 0 aliphatic carbocycles. The van der Waals surface area contributed by atoms with Crippen LogP contribution in [0.5, 0.6) is 0 Å². The highest BCUT2D eigenvalue weighted by atomic mass is 14.1. The summed E-state index contributed by atoms with van der Waals surface area (Å²) in [6.07, 6.45) is 6.11. The van der Waals surface area contributed by atoms with E-state index in [-0.39, 0.29) is 0 Å². The lowest BCUT2D eigenvalue weighted by molar-refractivity contribution is 1.32. The van der Waals surface area contributed by atoms with Gasteiger partial charge in [-0.05, 0) is 43.0 Å². The first-order chi connectivity index (χ1) is 7.20. The minimum absolute atomic E-state index is 1.21. The maximum atomic E-state index is 3.81. The van der Waals surface area contributed by atoms with Crippen LogP contribution in [-0.4, -0.2) is 0 Å². The fourth-order valence-corrected chi connectivity index (χ4v) is 1.42. The molecule has 0 nitrogen and oxygen atoms in total. The number of hydrogen-bond donors (Lipinski definition) is 0. The molecule has 82 valence electrons. The zero-order valence-corrected chi connectivity index (χ0v) is 10.6. The molecule has 0 radical (unpaired) electrons. The van der Waals surface area contributed by atoms with E-state index in [4.69, 9.17) is 0 Å². The molecule has 0 spiro atoms. The molecule has 1 aromatic carbocycles. The second kappa shape index (κ2) is 7.05. The second-order valence-corrected chi connectivity index (χ2v) is 3.21. The first-order valence-corrected chi connectivity index (χ1v) is 5.56. The van der Waals surface area contributed by atoms with E-state index in [2.05, 4.69) is 44.7 Å². The maximum Gasteiger partial charge on any atom is -0.0156 e. The molecule has 0 saturated carbocycles. The van der Waals surface area contributed by atoms with Crippen LogP contribution >= 0.6 is 0 Å². The second-order valence-electron chi connectivity index (χ2n) is 3.21. The Morgan fingerprint density at radius 2 is 1.73 bits per heavy atom. The van der Waals surface area contributed by atoms with Crippen LogP contribution in [0.1, 0.15) is 43.0 Å². The van der Waals surface area contributed by atoms with Crippen LogP contribution in [0, 0.1) is 13.8 Å². The molecule has 0 aliphatic heterocycles. The van der Waals surface area contributed by atoms with Crippen molar-refractivity contribution in [1.82, 2.24) is 0 Å². The van der Waals surface area contributed by atoms with Crippen molar-refractivity contribution in [2.45, 2.75) is 34.6 Å². The van der Waals surface area contributed by atoms with Crippen molar-refractivity contribution in [2.75, 3.05) is 0 Å². The van der Waals surface area contributed by atoms with Crippen molar-refractivity contribution >= 4 is 12.2 Å². The predicted octanol–water partition coefficient (Wildman–Crippen LogP) is 5.01. The summed E-state index contributed by atoms with van der Waals surface area (Å²) in [4.78, 5) is 0. The van der Waals surface area contributed by atoms with Crippen LogP contribution in [-0.2, 0) is 0 Å². The highest BCUT2D eigenvalue weighted by Gasteiger charge is 2.01. The third kappa shape index (κ3) is 3.39. The normalized spacial score (nSPS) is 9.67. The minimum atomic E-state index is 1.21. The Morgan fingerprint density at radius 3 is 2.20 bits per heavy atom. The van der Waals surface area contributed by atoms with Gasteiger partial charge in [-0.25, -0.2) is 0 Å². The molecule has 0 saturated heterocycles. The van der Waals surface area contributed by atoms with E-state index in [1.165, 1.54) is 22.3 Å². The van der Waals surface area contributed by atoms with Gasteiger partial charge in [0.2, 0.25) is 0 Å². The van der Waals surface area contributed by atoms with Crippen LogP contribution in [0.4, 0.5) is 0 Å². The summed E-state index contributed by atoms with van der Waals surface area (Å²) in [5.74, 6) is 0. The predicted molar refractivity (Wildman–Crippen MR) is 72.1 cm³/mol. The van der Waals surface area contributed by atoms with Crippen LogP contribution < -0.4 is 0 Å². The van der Waals surface area contributed by atoms with E-state index in [1.54, 1.807) is 0 Å². The summed E-state index contributed by atoms with van der Waals surface area (Å²) in [7, 11) is 0. The Balaban J connectivity index is 0.000000921. The summed E-state index contributed by atoms with van der Waals surface area (Å²) in [6, 6.07) is 4.25. The maximum absolute atomic E-state index is 3.81. The van der Waals surface area contributed by atoms with Crippen molar-refractivity contribution in [2.24, 2.45) is 0 Å². The first-order valence-electron chi connectivity index (χ1n) is 5.56. The quantitative estimate of drug-likeness (QED) is 0.632. The van der Waals surface area contributed by atoms with E-state index in [0.29, 0.717) is 0 Å². The molecule has 0 bridgehead atoms. The summed E-state index contributed by atoms with van der Waals surface area (Å²) in [5.41, 5.74) is 5.17. The Hall–Kier alpha value is -1.30. The van der Waals surface area contributed by atoms with Crippen LogP contribution in [0.15, 0.2) is 24.8 Å². The van der Waals surface area contributed by atoms with Crippen molar-refractivity contribution < 1.29 is 0 Å². The van der Waals surface area contributed by atoms with Crippen LogP contribution in [0.3, 0.4) is 0 Å². The first kappa shape index (κ1) is 13.7. The molecule has 0 heteroatoms. The summed E-state index contributed by atoms with van der Waals surface area (Å²) >= 11 is 0. The highest BCUT2D eigenvalue weighted by molar-refractivity contribution is 5.68. The average molecular weight is 202 g/mol. The Labute approximate surface area is 94.3 Å². The lowest BCUT2D eigenvalue weighted by atomic mass is 9.97. The van der Waals surface area contributed by atoms with Crippen molar-refractivity contribution in [3.8, 4) is 0 Å². The van der Waals surface area contributed by atoms with Gasteiger partial charge in [-0.15, -0.1) is 0 Å². The molecule has 0 N–H and O–H groups in total. The molecule has 0 aromatic heterocycles. The molecule has 0 unspecified atom stereocenters. The highest BCUT2D eigenvalue weighted by Crippen LogP contribution is 2.20. The number of hydrogen-bond acceptors (Lipinski definition) is 0. The fraction of sp³-hybridized carbons (Fsp3) is 0.333. The SMILES string of the molecule is C=Cc1ccc(C)c(C)c1/C=C\C.CC. The Kier molecular flexibility index (Phi) is 6.44. The van der Waals surface area contributed by atoms with E-state index in [9.17, 15) is 0 Å². The largest absolute Gasteiger partial charge is 0.0984 e. The van der Waals surface area contributed by atoms with Gasteiger partial charge in [-0.2, -0.15) is 0 Å². The van der Waals surface area contributed by atoms with Gasteiger partial charge in [-0.3, -0.25) is 0 Å². The molecule has 1 aromatic rings. The van der Waals surface area contributed by atoms with Gasteiger partial charge in [0, 0.05) is 0 Å². The van der Waals surface area contributed by atoms with E-state index >= 15 is 0 Å². The summed E-state index contributed by atoms with van der Waals surface area (Å²) in [6.45, 7) is 14.1. The van der Waals surface area contributed by atoms with Crippen molar-refractivity contribution in [3.63, 3.8) is 0 Å². The topological polar surface area (TPSA) is 0 Å². The van der Waals surface area contributed by atoms with Crippen molar-refractivity contribution in [1.29, 1.82) is 0 Å². The van der Waals surface area contributed by atoms with Gasteiger partial charge in [0.1, 0.15) is 0 Å². The molecule has 0 aliphatic rings. The standard InChI is InChI=1S/C13H16.C2H6/c1-5-7-13-11(4)10(3)8-9-12(13)6-2;1-2/h5-9H,2H2,1,3-4H3;1-2H3/b7-5-;. The molecule has 0 amide bonds. The summed E-state index contributed by atoms with van der Waals surface area (Å²) < 4.78 is 0. The number of benzene rings is 1. The lowest BCUT2D eigenvalue weighted by Gasteiger charge is -2.08. The van der Waals surface area contributed by atoms with Gasteiger partial charge in [0.05, 0.1) is 0 Å². The number of allylic oxidation sites excluding steroid dienone is 1. The third-order valence-electron chi connectivity index (χ3n) is 2.37. The minimum Gasteiger partial charge on any atom is -0.0984 e. The third-order valence-corrected chi connectivity index (χ3v) is 2.37. The van der Waals surface area contributed by atoms with E-state index in [1.807, 2.05) is 26.8 Å². The Bertz CT molecular complexity index is 343. The Morgan fingerprint density at radius 1 is 1.13 bits per heavy atom. The van der Waals surface area contributed by atoms with Gasteiger partial charge in [0.15, 0.2) is 0 Å². The van der Waals surface area contributed by atoms with Crippen molar-refractivity contribution in [3.05, 3.63) is 47.0 Å². The van der Waals surface area contributed by atoms with Gasteiger partial charge < -0.3 is 0 Å². The van der Waals surface area contributed by atoms with E-state index in [0.717, 1.165) is 0 Å². The molecule has 15 heavy (non-hydrogen) atoms. The molecular formula is C15H22. The molecule has 0 atom stereocenters. The molecule has 0 heterocycles. The van der Waals surface area contributed by atoms with Gasteiger partial charge in [0.25, 0.3) is 0 Å². The number of aryl methyl sites for hydroxylation is 1. The van der Waals surface area contributed by atoms with E-state index < -0.39 is 0 Å².